The molecule has 0 radical (unpaired) electrons. The highest BCUT2D eigenvalue weighted by atomic mass is 19.1. The van der Waals surface area contributed by atoms with E-state index in [1.165, 1.54) is 33.9 Å². The Morgan fingerprint density at radius 2 is 0.983 bits per heavy atom. The van der Waals surface area contributed by atoms with Gasteiger partial charge in [0.25, 0.3) is 11.1 Å². The van der Waals surface area contributed by atoms with Crippen LogP contribution in [0.5, 0.6) is 0 Å². The maximum Gasteiger partial charge on any atom is 0.261 e. The second-order valence-corrected chi connectivity index (χ2v) is 13.9. The van der Waals surface area contributed by atoms with Gasteiger partial charge in [-0.25, -0.2) is 18.7 Å². The summed E-state index contributed by atoms with van der Waals surface area (Å²) in [6.45, 7) is 0.261. The Labute approximate surface area is 330 Å². The van der Waals surface area contributed by atoms with Crippen molar-refractivity contribution >= 4 is 43.5 Å². The Morgan fingerprint density at radius 1 is 0.448 bits per heavy atom. The van der Waals surface area contributed by atoms with Gasteiger partial charge in [-0.3, -0.25) is 28.7 Å². The lowest BCUT2D eigenvalue weighted by molar-refractivity contribution is 0.595. The third kappa shape index (κ3) is 7.22. The van der Waals surface area contributed by atoms with Gasteiger partial charge in [-0.15, -0.1) is 0 Å². The van der Waals surface area contributed by atoms with Gasteiger partial charge in [0.1, 0.15) is 11.6 Å². The quantitative estimate of drug-likeness (QED) is 0.168. The van der Waals surface area contributed by atoms with Crippen molar-refractivity contribution in [2.45, 2.75) is 13.1 Å². The van der Waals surface area contributed by atoms with E-state index in [2.05, 4.69) is 19.9 Å². The third-order valence-corrected chi connectivity index (χ3v) is 10.2. The van der Waals surface area contributed by atoms with Crippen LogP contribution in [0, 0.1) is 11.6 Å². The van der Waals surface area contributed by atoms with Crippen molar-refractivity contribution < 1.29 is 8.78 Å². The van der Waals surface area contributed by atoms with Crippen LogP contribution in [0.2, 0.25) is 0 Å². The molecule has 0 atom stereocenters. The van der Waals surface area contributed by atoms with E-state index in [0.717, 1.165) is 43.9 Å². The van der Waals surface area contributed by atoms with E-state index in [1.807, 2.05) is 78.9 Å². The van der Waals surface area contributed by atoms with Gasteiger partial charge in [-0.2, -0.15) is 0 Å². The van der Waals surface area contributed by atoms with Crippen LogP contribution in [0.4, 0.5) is 8.78 Å². The molecule has 280 valence electrons. The first-order valence-electron chi connectivity index (χ1n) is 18.5. The Hall–Kier alpha value is -7.72. The van der Waals surface area contributed by atoms with Crippen LogP contribution in [0.1, 0.15) is 11.1 Å². The van der Waals surface area contributed by atoms with Crippen LogP contribution in [-0.2, 0) is 13.1 Å². The van der Waals surface area contributed by atoms with Crippen molar-refractivity contribution in [1.29, 1.82) is 0 Å². The molecule has 0 saturated carbocycles. The average Bonchev–Trinajstić information content (AvgIpc) is 3.27. The zero-order valence-corrected chi connectivity index (χ0v) is 30.8. The number of hydrogen-bond acceptors (Lipinski definition) is 6. The van der Waals surface area contributed by atoms with Crippen molar-refractivity contribution in [2.75, 3.05) is 0 Å². The van der Waals surface area contributed by atoms with E-state index >= 15 is 0 Å². The molecule has 8 nitrogen and oxygen atoms in total. The van der Waals surface area contributed by atoms with Crippen LogP contribution in [0.15, 0.2) is 180 Å². The molecule has 0 saturated heterocycles. The molecule has 0 fully saturated rings. The van der Waals surface area contributed by atoms with Crippen LogP contribution < -0.4 is 11.1 Å². The predicted octanol–water partition coefficient (Wildman–Crippen LogP) is 9.60. The lowest BCUT2D eigenvalue weighted by Crippen LogP contribution is -2.21. The molecule has 0 aliphatic rings. The predicted molar refractivity (Wildman–Crippen MR) is 224 cm³/mol. The first-order valence-corrected chi connectivity index (χ1v) is 18.5. The fraction of sp³-hybridized carbons (Fsp3) is 0.0417. The molecule has 10 heteroatoms. The van der Waals surface area contributed by atoms with Crippen LogP contribution in [-0.4, -0.2) is 29.1 Å². The molecule has 4 heterocycles. The van der Waals surface area contributed by atoms with E-state index in [9.17, 15) is 18.4 Å². The average molecular weight is 763 g/mol. The zero-order chi connectivity index (χ0) is 39.6. The lowest BCUT2D eigenvalue weighted by atomic mass is 10.0. The van der Waals surface area contributed by atoms with Crippen molar-refractivity contribution in [3.63, 3.8) is 0 Å². The number of fused-ring (bicyclic) bond motifs is 4. The highest BCUT2D eigenvalue weighted by Crippen LogP contribution is 2.27. The van der Waals surface area contributed by atoms with Gasteiger partial charge >= 0.3 is 0 Å². The van der Waals surface area contributed by atoms with E-state index in [0.29, 0.717) is 32.9 Å². The molecular weight excluding hydrogens is 731 g/mol. The Kier molecular flexibility index (Phi) is 9.56. The van der Waals surface area contributed by atoms with Crippen molar-refractivity contribution in [3.8, 4) is 22.3 Å². The summed E-state index contributed by atoms with van der Waals surface area (Å²) in [5, 5.41) is 4.14. The third-order valence-electron chi connectivity index (χ3n) is 10.2. The normalized spacial score (nSPS) is 11.2. The summed E-state index contributed by atoms with van der Waals surface area (Å²) in [6.07, 6.45) is 8.23. The number of hydrogen-bond donors (Lipinski definition) is 0. The molecule has 0 bridgehead atoms. The molecule has 6 aromatic carbocycles. The topological polar surface area (TPSA) is 95.6 Å². The van der Waals surface area contributed by atoms with E-state index in [4.69, 9.17) is 0 Å². The maximum atomic E-state index is 14.8. The van der Waals surface area contributed by atoms with Crippen molar-refractivity contribution in [1.82, 2.24) is 29.1 Å². The summed E-state index contributed by atoms with van der Waals surface area (Å²) in [4.78, 5) is 42.3. The van der Waals surface area contributed by atoms with Gasteiger partial charge in [0.2, 0.25) is 0 Å². The standard InChI is InChI=1S/2C24H16FN3O/c25-21-13-17(16-9-10-22-18(12-16)4-3-11-26-22)7-8-19(21)14-28-15-27-23-6-2-1-5-20(23)24(28)29;25-22-12-17(16-5-7-19-13-26-10-9-18(19)11-16)6-8-20(22)14-28-15-27-23-4-2-1-3-21(23)24(28)29/h2*1-13,15H,14H2. The number of aromatic nitrogens is 6. The molecule has 0 amide bonds. The largest absolute Gasteiger partial charge is 0.294 e. The second kappa shape index (κ2) is 15.4. The molecule has 0 aliphatic carbocycles. The lowest BCUT2D eigenvalue weighted by Gasteiger charge is -2.10. The van der Waals surface area contributed by atoms with Crippen LogP contribution >= 0.6 is 0 Å². The molecule has 0 spiro atoms. The fourth-order valence-corrected chi connectivity index (χ4v) is 7.03. The molecular formula is C48H32F2N6O2. The van der Waals surface area contributed by atoms with Crippen molar-refractivity contribution in [3.05, 3.63) is 214 Å². The van der Waals surface area contributed by atoms with E-state index in [1.54, 1.807) is 67.1 Å². The Bertz CT molecular complexity index is 3070. The minimum atomic E-state index is -0.353. The van der Waals surface area contributed by atoms with E-state index in [-0.39, 0.29) is 35.8 Å². The Morgan fingerprint density at radius 3 is 1.59 bits per heavy atom. The molecule has 10 rings (SSSR count). The first kappa shape index (κ1) is 35.9. The van der Waals surface area contributed by atoms with Gasteiger partial charge < -0.3 is 0 Å². The number of benzene rings is 6. The molecule has 0 N–H and O–H groups in total. The number of pyridine rings is 2. The molecule has 0 unspecified atom stereocenters. The number of halogens is 2. The summed E-state index contributed by atoms with van der Waals surface area (Å²) in [5.74, 6) is -0.703. The zero-order valence-electron chi connectivity index (χ0n) is 30.8. The maximum absolute atomic E-state index is 14.8. The van der Waals surface area contributed by atoms with E-state index < -0.39 is 0 Å². The van der Waals surface area contributed by atoms with Gasteiger partial charge in [0.15, 0.2) is 0 Å². The number of para-hydroxylation sites is 2. The van der Waals surface area contributed by atoms with Gasteiger partial charge in [0.05, 0.1) is 53.1 Å². The smallest absolute Gasteiger partial charge is 0.261 e. The molecule has 0 aliphatic heterocycles. The van der Waals surface area contributed by atoms with Crippen molar-refractivity contribution in [2.24, 2.45) is 0 Å². The summed E-state index contributed by atoms with van der Waals surface area (Å²) in [5.41, 5.74) is 6.11. The first-order chi connectivity index (χ1) is 28.4. The minimum absolute atomic E-state index is 0.129. The summed E-state index contributed by atoms with van der Waals surface area (Å²) in [7, 11) is 0. The summed E-state index contributed by atoms with van der Waals surface area (Å²) >= 11 is 0. The summed E-state index contributed by atoms with van der Waals surface area (Å²) < 4.78 is 32.5. The molecule has 4 aromatic heterocycles. The van der Waals surface area contributed by atoms with Crippen LogP contribution in [0.3, 0.4) is 0 Å². The molecule has 10 aromatic rings. The minimum Gasteiger partial charge on any atom is -0.294 e. The highest BCUT2D eigenvalue weighted by Gasteiger charge is 2.12. The fourth-order valence-electron chi connectivity index (χ4n) is 7.03. The number of rotatable bonds is 6. The van der Waals surface area contributed by atoms with Gasteiger partial charge in [-0.05, 0) is 94.4 Å². The monoisotopic (exact) mass is 762 g/mol. The molecule has 58 heavy (non-hydrogen) atoms. The SMILES string of the molecule is O=c1c2ccccc2ncn1Cc1ccc(-c2ccc3cnccc3c2)cc1F.O=c1c2ccccc2ncn1Cc1ccc(-c2ccc3ncccc3c2)cc1F. The Balaban J connectivity index is 0.000000150. The number of nitrogens with zero attached hydrogens (tertiary/aromatic N) is 6. The highest BCUT2D eigenvalue weighted by molar-refractivity contribution is 5.87. The van der Waals surface area contributed by atoms with Gasteiger partial charge in [0, 0.05) is 40.5 Å². The van der Waals surface area contributed by atoms with Gasteiger partial charge in [-0.1, -0.05) is 72.8 Å². The van der Waals surface area contributed by atoms with Crippen LogP contribution in [0.25, 0.3) is 65.7 Å². The summed E-state index contributed by atoms with van der Waals surface area (Å²) in [6, 6.07) is 42.1. The second-order valence-electron chi connectivity index (χ2n) is 13.9.